The van der Waals surface area contributed by atoms with Crippen molar-refractivity contribution < 1.29 is 19.4 Å². The third-order valence-corrected chi connectivity index (χ3v) is 5.95. The number of para-hydroxylation sites is 1. The van der Waals surface area contributed by atoms with Gasteiger partial charge in [-0.25, -0.2) is 14.5 Å². The minimum Gasteiger partial charge on any atom is -0.449 e. The summed E-state index contributed by atoms with van der Waals surface area (Å²) < 4.78 is 7.30. The van der Waals surface area contributed by atoms with Crippen LogP contribution in [-0.4, -0.2) is 37.3 Å². The summed E-state index contributed by atoms with van der Waals surface area (Å²) in [6, 6.07) is 13.1. The first-order chi connectivity index (χ1) is 14.5. The van der Waals surface area contributed by atoms with E-state index in [1.165, 1.54) is 0 Å². The van der Waals surface area contributed by atoms with Crippen molar-refractivity contribution in [2.45, 2.75) is 36.9 Å². The fourth-order valence-electron chi connectivity index (χ4n) is 4.24. The lowest BCUT2D eigenvalue weighted by Gasteiger charge is -2.40. The lowest BCUT2D eigenvalue weighted by Crippen LogP contribution is -2.49. The Morgan fingerprint density at radius 3 is 2.63 bits per heavy atom. The summed E-state index contributed by atoms with van der Waals surface area (Å²) in [6.07, 6.45) is 5.85. The molecule has 1 aliphatic heterocycles. The molecule has 30 heavy (non-hydrogen) atoms. The average molecular weight is 404 g/mol. The maximum absolute atomic E-state index is 12.8. The molecule has 1 fully saturated rings. The molecule has 1 aromatic carbocycles. The summed E-state index contributed by atoms with van der Waals surface area (Å²) in [5.41, 5.74) is 0.0661. The van der Waals surface area contributed by atoms with Gasteiger partial charge in [0.1, 0.15) is 11.2 Å². The fraction of sp³-hybridized carbons (Fsp3) is 0.273. The van der Waals surface area contributed by atoms with Gasteiger partial charge in [-0.1, -0.05) is 24.3 Å². The van der Waals surface area contributed by atoms with Crippen LogP contribution in [0.15, 0.2) is 61.1 Å². The smallest absolute Gasteiger partial charge is 0.358 e. The quantitative estimate of drug-likeness (QED) is 0.650. The molecule has 1 saturated carbocycles. The number of carbonyl (C=O) groups is 2. The number of pyridine rings is 1. The van der Waals surface area contributed by atoms with Gasteiger partial charge in [0.05, 0.1) is 23.8 Å². The van der Waals surface area contributed by atoms with Crippen LogP contribution < -0.4 is 5.32 Å². The van der Waals surface area contributed by atoms with Crippen LogP contribution >= 0.6 is 0 Å². The number of hydrogen-bond acceptors (Lipinski definition) is 6. The van der Waals surface area contributed by atoms with E-state index < -0.39 is 23.1 Å². The van der Waals surface area contributed by atoms with Crippen molar-refractivity contribution in [1.29, 1.82) is 0 Å². The van der Waals surface area contributed by atoms with Crippen LogP contribution in [0.2, 0.25) is 0 Å². The molecule has 152 valence electrons. The second kappa shape index (κ2) is 6.77. The predicted molar refractivity (Wildman–Crippen MR) is 107 cm³/mol. The number of hydrogen-bond donors (Lipinski definition) is 2. The van der Waals surface area contributed by atoms with Crippen molar-refractivity contribution in [1.82, 2.24) is 14.8 Å². The molecule has 3 heterocycles. The van der Waals surface area contributed by atoms with Crippen LogP contribution in [0.1, 0.15) is 41.7 Å². The topological polar surface area (TPSA) is 106 Å². The Kier molecular flexibility index (Phi) is 4.18. The largest absolute Gasteiger partial charge is 0.449 e. The third kappa shape index (κ3) is 2.96. The van der Waals surface area contributed by atoms with Gasteiger partial charge in [-0.3, -0.25) is 4.79 Å². The molecule has 2 aromatic heterocycles. The Labute approximate surface area is 172 Å². The number of nitrogens with zero attached hydrogens (tertiary/aromatic N) is 3. The van der Waals surface area contributed by atoms with Crippen LogP contribution in [0.5, 0.6) is 0 Å². The molecule has 1 amide bonds. The SMILES string of the molecule is O=C1OC2(CCC(O)(C(=O)Nc3cnn(-c4ccccc4)c3)CC2)c2cccnc21. The average Bonchev–Trinajstić information content (AvgIpc) is 3.35. The summed E-state index contributed by atoms with van der Waals surface area (Å²) in [5, 5.41) is 18.0. The second-order valence-corrected chi connectivity index (χ2v) is 7.78. The highest BCUT2D eigenvalue weighted by Gasteiger charge is 2.53. The molecule has 5 rings (SSSR count). The summed E-state index contributed by atoms with van der Waals surface area (Å²) in [6.45, 7) is 0. The predicted octanol–water partition coefficient (Wildman–Crippen LogP) is 2.58. The first-order valence-electron chi connectivity index (χ1n) is 9.82. The summed E-state index contributed by atoms with van der Waals surface area (Å²) in [4.78, 5) is 29.1. The van der Waals surface area contributed by atoms with E-state index in [9.17, 15) is 14.7 Å². The van der Waals surface area contributed by atoms with E-state index in [4.69, 9.17) is 4.74 Å². The van der Waals surface area contributed by atoms with Gasteiger partial charge in [0.2, 0.25) is 0 Å². The number of amides is 1. The Hall–Kier alpha value is -3.52. The fourth-order valence-corrected chi connectivity index (χ4v) is 4.24. The summed E-state index contributed by atoms with van der Waals surface area (Å²) in [7, 11) is 0. The van der Waals surface area contributed by atoms with Crippen molar-refractivity contribution in [3.05, 3.63) is 72.3 Å². The van der Waals surface area contributed by atoms with E-state index in [1.54, 1.807) is 29.3 Å². The van der Waals surface area contributed by atoms with Gasteiger partial charge in [-0.2, -0.15) is 5.10 Å². The lowest BCUT2D eigenvalue weighted by atomic mass is 9.73. The van der Waals surface area contributed by atoms with E-state index in [-0.39, 0.29) is 12.8 Å². The number of benzene rings is 1. The molecule has 2 N–H and O–H groups in total. The lowest BCUT2D eigenvalue weighted by molar-refractivity contribution is -0.144. The summed E-state index contributed by atoms with van der Waals surface area (Å²) >= 11 is 0. The second-order valence-electron chi connectivity index (χ2n) is 7.78. The van der Waals surface area contributed by atoms with Gasteiger partial charge in [-0.15, -0.1) is 0 Å². The highest BCUT2D eigenvalue weighted by atomic mass is 16.6. The molecule has 8 heteroatoms. The van der Waals surface area contributed by atoms with Crippen LogP contribution in [0.4, 0.5) is 5.69 Å². The number of esters is 1. The van der Waals surface area contributed by atoms with E-state index in [2.05, 4.69) is 15.4 Å². The number of aromatic nitrogens is 3. The van der Waals surface area contributed by atoms with Gasteiger partial charge < -0.3 is 15.2 Å². The highest BCUT2D eigenvalue weighted by Crippen LogP contribution is 2.48. The molecular weight excluding hydrogens is 384 g/mol. The molecule has 8 nitrogen and oxygen atoms in total. The number of aliphatic hydroxyl groups is 1. The van der Waals surface area contributed by atoms with Gasteiger partial charge in [0.25, 0.3) is 5.91 Å². The van der Waals surface area contributed by atoms with Crippen molar-refractivity contribution >= 4 is 17.6 Å². The van der Waals surface area contributed by atoms with E-state index in [0.29, 0.717) is 24.2 Å². The maximum atomic E-state index is 12.8. The molecule has 0 atom stereocenters. The van der Waals surface area contributed by atoms with Crippen LogP contribution in [-0.2, 0) is 15.1 Å². The van der Waals surface area contributed by atoms with Crippen LogP contribution in [0.3, 0.4) is 0 Å². The van der Waals surface area contributed by atoms with E-state index >= 15 is 0 Å². The standard InChI is InChI=1S/C22H20N4O4/c27-19-18-17(7-4-12-23-18)22(30-19)10-8-21(29,9-11-22)20(28)25-15-13-24-26(14-15)16-5-2-1-3-6-16/h1-7,12-14,29H,8-11H2,(H,25,28). The normalized spacial score (nSPS) is 25.0. The van der Waals surface area contributed by atoms with Crippen molar-refractivity contribution in [3.63, 3.8) is 0 Å². The minimum atomic E-state index is -1.54. The number of anilines is 1. The number of ether oxygens (including phenoxy) is 1. The molecule has 1 aliphatic carbocycles. The zero-order valence-corrected chi connectivity index (χ0v) is 16.1. The van der Waals surface area contributed by atoms with E-state index in [0.717, 1.165) is 11.3 Å². The number of rotatable bonds is 3. The Balaban J connectivity index is 1.29. The maximum Gasteiger partial charge on any atom is 0.358 e. The minimum absolute atomic E-state index is 0.174. The monoisotopic (exact) mass is 404 g/mol. The zero-order valence-electron chi connectivity index (χ0n) is 16.1. The molecule has 0 radical (unpaired) electrons. The number of carbonyl (C=O) groups excluding carboxylic acids is 2. The molecule has 0 bridgehead atoms. The highest BCUT2D eigenvalue weighted by molar-refractivity contribution is 5.97. The van der Waals surface area contributed by atoms with Crippen molar-refractivity contribution in [2.24, 2.45) is 0 Å². The third-order valence-electron chi connectivity index (χ3n) is 5.95. The molecule has 2 aliphatic rings. The first kappa shape index (κ1) is 18.5. The summed E-state index contributed by atoms with van der Waals surface area (Å²) in [5.74, 6) is -0.936. The van der Waals surface area contributed by atoms with Crippen LogP contribution in [0.25, 0.3) is 5.69 Å². The zero-order chi connectivity index (χ0) is 20.8. The molecule has 1 spiro atoms. The van der Waals surface area contributed by atoms with Crippen molar-refractivity contribution in [3.8, 4) is 5.69 Å². The van der Waals surface area contributed by atoms with Gasteiger partial charge >= 0.3 is 5.97 Å². The number of fused-ring (bicyclic) bond motifs is 2. The molecular formula is C22H20N4O4. The first-order valence-corrected chi connectivity index (χ1v) is 9.82. The number of nitrogens with one attached hydrogen (secondary N) is 1. The van der Waals surface area contributed by atoms with Crippen LogP contribution in [0, 0.1) is 0 Å². The molecule has 0 unspecified atom stereocenters. The van der Waals surface area contributed by atoms with Gasteiger partial charge in [0, 0.05) is 11.8 Å². The van der Waals surface area contributed by atoms with Gasteiger partial charge in [-0.05, 0) is 43.9 Å². The molecule has 0 saturated heterocycles. The Morgan fingerprint density at radius 2 is 1.87 bits per heavy atom. The van der Waals surface area contributed by atoms with E-state index in [1.807, 2.05) is 36.4 Å². The van der Waals surface area contributed by atoms with Gasteiger partial charge in [0.15, 0.2) is 5.69 Å². The Morgan fingerprint density at radius 1 is 1.10 bits per heavy atom. The Bertz CT molecular complexity index is 1120. The van der Waals surface area contributed by atoms with Crippen molar-refractivity contribution in [2.75, 3.05) is 5.32 Å². The molecule has 3 aromatic rings.